The third kappa shape index (κ3) is 2.71. The van der Waals surface area contributed by atoms with Crippen LogP contribution in [0.1, 0.15) is 25.0 Å². The average molecular weight is 388 g/mol. The van der Waals surface area contributed by atoms with E-state index in [1.54, 1.807) is 11.3 Å². The number of thiophene rings is 1. The molecule has 0 amide bonds. The normalized spacial score (nSPS) is 19.4. The van der Waals surface area contributed by atoms with E-state index in [1.807, 2.05) is 0 Å². The van der Waals surface area contributed by atoms with Crippen molar-refractivity contribution in [3.63, 3.8) is 0 Å². The van der Waals surface area contributed by atoms with E-state index in [1.165, 1.54) is 11.1 Å². The zero-order valence-electron chi connectivity index (χ0n) is 15.3. The molecule has 2 aliphatic heterocycles. The minimum absolute atomic E-state index is 0.229. The standard InChI is InChI=1S/C17H21N7O2S/c1-17(2)7-9-10(8-26-17)15(24-3-5-25-6-4-24)19-16-11(9)12-13(27-16)14(20-18)22-23-21-12/h3-8,18H2,1-2H3,(H,20,21,22)/p+1. The molecule has 27 heavy (non-hydrogen) atoms. The quantitative estimate of drug-likeness (QED) is 0.494. The minimum atomic E-state index is -0.229. The highest BCUT2D eigenvalue weighted by molar-refractivity contribution is 7.25. The van der Waals surface area contributed by atoms with Gasteiger partial charge in [0.05, 0.1) is 36.4 Å². The van der Waals surface area contributed by atoms with Gasteiger partial charge in [0.2, 0.25) is 0 Å². The van der Waals surface area contributed by atoms with Gasteiger partial charge in [-0.2, -0.15) is 0 Å². The van der Waals surface area contributed by atoms with Crippen LogP contribution < -0.4 is 21.2 Å². The Labute approximate surface area is 159 Å². The number of fused-ring (bicyclic) bond motifs is 5. The number of aromatic amines is 1. The summed E-state index contributed by atoms with van der Waals surface area (Å²) in [4.78, 5) is 7.04. The predicted molar refractivity (Wildman–Crippen MR) is 103 cm³/mol. The summed E-state index contributed by atoms with van der Waals surface area (Å²) in [6, 6.07) is 0. The van der Waals surface area contributed by atoms with Gasteiger partial charge in [-0.05, 0) is 24.6 Å². The zero-order valence-corrected chi connectivity index (χ0v) is 16.2. The summed E-state index contributed by atoms with van der Waals surface area (Å²) >= 11 is 1.60. The molecule has 142 valence electrons. The van der Waals surface area contributed by atoms with Gasteiger partial charge in [0, 0.05) is 6.42 Å². The second kappa shape index (κ2) is 6.20. The number of morpholine rings is 1. The van der Waals surface area contributed by atoms with Crippen molar-refractivity contribution >= 4 is 43.4 Å². The molecule has 0 radical (unpaired) electrons. The molecule has 0 atom stereocenters. The van der Waals surface area contributed by atoms with E-state index >= 15 is 0 Å². The number of hydrogen-bond donors (Lipinski definition) is 2. The number of rotatable bonds is 2. The number of pyridine rings is 1. The first-order valence-corrected chi connectivity index (χ1v) is 9.85. The fourth-order valence-electron chi connectivity index (χ4n) is 3.93. The van der Waals surface area contributed by atoms with Crippen molar-refractivity contribution in [2.45, 2.75) is 32.5 Å². The maximum Gasteiger partial charge on any atom is 0.281 e. The molecule has 5 heterocycles. The Morgan fingerprint density at radius 1 is 1.22 bits per heavy atom. The van der Waals surface area contributed by atoms with Gasteiger partial charge in [-0.25, -0.2) is 10.8 Å². The first-order chi connectivity index (χ1) is 13.1. The number of anilines is 2. The van der Waals surface area contributed by atoms with Crippen LogP contribution in [0.2, 0.25) is 0 Å². The van der Waals surface area contributed by atoms with Crippen LogP contribution >= 0.6 is 11.3 Å². The van der Waals surface area contributed by atoms with Crippen LogP contribution in [0.3, 0.4) is 0 Å². The summed E-state index contributed by atoms with van der Waals surface area (Å²) in [5.74, 6) is 7.30. The number of nitrogens with zero attached hydrogens (tertiary/aromatic N) is 4. The summed E-state index contributed by atoms with van der Waals surface area (Å²) in [5, 5.41) is 13.4. The molecular formula is C17H22N7O2S+. The molecule has 1 fully saturated rings. The lowest BCUT2D eigenvalue weighted by atomic mass is 9.90. The Balaban J connectivity index is 1.81. The van der Waals surface area contributed by atoms with Crippen molar-refractivity contribution < 1.29 is 14.5 Å². The van der Waals surface area contributed by atoms with E-state index in [9.17, 15) is 0 Å². The summed E-state index contributed by atoms with van der Waals surface area (Å²) in [6.45, 7) is 8.01. The molecule has 9 nitrogen and oxygen atoms in total. The molecule has 0 bridgehead atoms. The van der Waals surface area contributed by atoms with Crippen molar-refractivity contribution in [1.29, 1.82) is 0 Å². The Morgan fingerprint density at radius 2 is 2.04 bits per heavy atom. The number of ether oxygens (including phenoxy) is 2. The lowest BCUT2D eigenvalue weighted by Crippen LogP contribution is -2.42. The second-order valence-corrected chi connectivity index (χ2v) is 8.54. The third-order valence-corrected chi connectivity index (χ3v) is 6.35. The molecule has 0 spiro atoms. The van der Waals surface area contributed by atoms with Gasteiger partial charge < -0.3 is 14.9 Å². The number of aromatic nitrogens is 4. The maximum absolute atomic E-state index is 6.15. The Kier molecular flexibility index (Phi) is 3.90. The van der Waals surface area contributed by atoms with Crippen LogP contribution in [0.5, 0.6) is 0 Å². The van der Waals surface area contributed by atoms with Crippen LogP contribution in [0, 0.1) is 0 Å². The summed E-state index contributed by atoms with van der Waals surface area (Å²) in [7, 11) is 0. The molecule has 4 N–H and O–H groups in total. The molecule has 0 unspecified atom stereocenters. The topological polar surface area (TPSA) is 113 Å². The number of H-pyrrole nitrogens is 1. The zero-order chi connectivity index (χ0) is 18.6. The van der Waals surface area contributed by atoms with Crippen LogP contribution in [0.15, 0.2) is 0 Å². The predicted octanol–water partition coefficient (Wildman–Crippen LogP) is 1.03. The Hall–Kier alpha value is -2.14. The van der Waals surface area contributed by atoms with Crippen LogP contribution in [-0.4, -0.2) is 47.3 Å². The van der Waals surface area contributed by atoms with E-state index in [4.69, 9.17) is 15.3 Å². The first-order valence-electron chi connectivity index (χ1n) is 9.03. The fraction of sp³-hybridized carbons (Fsp3) is 0.529. The van der Waals surface area contributed by atoms with Gasteiger partial charge in [0.25, 0.3) is 5.82 Å². The van der Waals surface area contributed by atoms with Gasteiger partial charge >= 0.3 is 0 Å². The molecule has 10 heteroatoms. The monoisotopic (exact) mass is 388 g/mol. The van der Waals surface area contributed by atoms with Crippen LogP contribution in [0.25, 0.3) is 20.4 Å². The summed E-state index contributed by atoms with van der Waals surface area (Å²) in [5.41, 5.74) is 5.71. The number of hydrazine groups is 1. The van der Waals surface area contributed by atoms with Gasteiger partial charge in [-0.1, -0.05) is 11.3 Å². The van der Waals surface area contributed by atoms with Crippen molar-refractivity contribution in [3.05, 3.63) is 11.1 Å². The van der Waals surface area contributed by atoms with Gasteiger partial charge in [0.1, 0.15) is 23.3 Å². The van der Waals surface area contributed by atoms with Gasteiger partial charge in [-0.15, -0.1) is 10.2 Å². The maximum atomic E-state index is 6.15. The lowest BCUT2D eigenvalue weighted by Gasteiger charge is -2.33. The highest BCUT2D eigenvalue weighted by Crippen LogP contribution is 2.42. The summed E-state index contributed by atoms with van der Waals surface area (Å²) in [6.07, 6.45) is 0.812. The molecule has 0 aromatic carbocycles. The van der Waals surface area contributed by atoms with E-state index in [2.05, 4.69) is 44.6 Å². The lowest BCUT2D eigenvalue weighted by molar-refractivity contribution is -0.329. The number of nitrogen functional groups attached to an aromatic ring is 1. The summed E-state index contributed by atoms with van der Waals surface area (Å²) < 4.78 is 12.6. The van der Waals surface area contributed by atoms with Crippen molar-refractivity contribution in [1.82, 2.24) is 15.4 Å². The van der Waals surface area contributed by atoms with Crippen molar-refractivity contribution in [3.8, 4) is 0 Å². The Bertz CT molecular complexity index is 1030. The molecule has 0 saturated carbocycles. The van der Waals surface area contributed by atoms with Crippen LogP contribution in [0.4, 0.5) is 11.6 Å². The van der Waals surface area contributed by atoms with E-state index < -0.39 is 0 Å². The molecule has 1 saturated heterocycles. The first kappa shape index (κ1) is 17.0. The number of nitrogens with two attached hydrogens (primary N) is 1. The molecule has 0 aliphatic carbocycles. The molecule has 3 aromatic rings. The Morgan fingerprint density at radius 3 is 2.81 bits per heavy atom. The molecule has 2 aliphatic rings. The molecule has 5 rings (SSSR count). The SMILES string of the molecule is CC1(C)Cc2c(c(N3CCOCC3)[nH+]c3sc4c(NN)nnnc4c23)CO1. The van der Waals surface area contributed by atoms with Gasteiger partial charge in [-0.3, -0.25) is 4.90 Å². The third-order valence-electron chi connectivity index (χ3n) is 5.25. The van der Waals surface area contributed by atoms with Crippen molar-refractivity contribution in [2.75, 3.05) is 36.6 Å². The van der Waals surface area contributed by atoms with Gasteiger partial charge in [0.15, 0.2) is 10.6 Å². The highest BCUT2D eigenvalue weighted by atomic mass is 32.1. The number of hydrogen-bond acceptors (Lipinski definition) is 9. The molecule has 3 aromatic heterocycles. The van der Waals surface area contributed by atoms with E-state index in [0.717, 1.165) is 59.0 Å². The second-order valence-electron chi connectivity index (χ2n) is 7.52. The molecular weight excluding hydrogens is 366 g/mol. The van der Waals surface area contributed by atoms with E-state index in [-0.39, 0.29) is 5.60 Å². The smallest absolute Gasteiger partial charge is 0.281 e. The average Bonchev–Trinajstić information content (AvgIpc) is 3.06. The van der Waals surface area contributed by atoms with E-state index in [0.29, 0.717) is 12.4 Å². The van der Waals surface area contributed by atoms with Crippen LogP contribution in [-0.2, 0) is 22.5 Å². The van der Waals surface area contributed by atoms with Crippen molar-refractivity contribution in [2.24, 2.45) is 5.84 Å². The largest absolute Gasteiger partial charge is 0.373 e. The fourth-order valence-corrected chi connectivity index (χ4v) is 5.04. The highest BCUT2D eigenvalue weighted by Gasteiger charge is 2.36. The minimum Gasteiger partial charge on any atom is -0.373 e. The number of nitrogens with one attached hydrogen (secondary N) is 2.